The van der Waals surface area contributed by atoms with Gasteiger partial charge in [-0.2, -0.15) is 0 Å². The highest BCUT2D eigenvalue weighted by atomic mass is 31.2. The molecule has 7 N–H and O–H groups in total. The molecule has 0 aromatic carbocycles. The second kappa shape index (κ2) is 12.7. The molecule has 0 radical (unpaired) electrons. The summed E-state index contributed by atoms with van der Waals surface area (Å²) in [6.07, 6.45) is 4.15. The fourth-order valence-electron chi connectivity index (χ4n) is 0.765. The predicted octanol–water partition coefficient (Wildman–Crippen LogP) is -0.429. The van der Waals surface area contributed by atoms with Crippen molar-refractivity contribution in [3.63, 3.8) is 0 Å². The average Bonchev–Trinajstić information content (AvgIpc) is 2.02. The van der Waals surface area contributed by atoms with Gasteiger partial charge in [0.25, 0.3) is 0 Å². The second-order valence-electron chi connectivity index (χ2n) is 2.67. The number of unbranched alkanes of at least 4 members (excludes halogenated alkanes) is 3. The van der Waals surface area contributed by atoms with E-state index in [0.717, 1.165) is 25.7 Å². The van der Waals surface area contributed by atoms with Crippen LogP contribution in [0.3, 0.4) is 0 Å². The number of hydrogen-bond acceptors (Lipinski definition) is 5. The minimum absolute atomic E-state index is 0.232. The summed E-state index contributed by atoms with van der Waals surface area (Å²) in [5.74, 6) is -0.232. The molecule has 0 bridgehead atoms. The van der Waals surface area contributed by atoms with E-state index in [0.29, 0.717) is 6.42 Å². The van der Waals surface area contributed by atoms with Crippen LogP contribution < -0.4 is 11.2 Å². The minimum Gasteiger partial charge on any atom is -0.396 e. The summed E-state index contributed by atoms with van der Waals surface area (Å²) in [6, 6.07) is 0. The van der Waals surface area contributed by atoms with Gasteiger partial charge in [0, 0.05) is 13.0 Å². The molecule has 0 aromatic heterocycles. The molecular formula is C7H19N2O4P. The number of aliphatic hydroxyl groups is 1. The molecule has 7 heteroatoms. The lowest BCUT2D eigenvalue weighted by atomic mass is 10.1. The van der Waals surface area contributed by atoms with Gasteiger partial charge in [-0.1, -0.05) is 12.8 Å². The molecule has 0 spiro atoms. The van der Waals surface area contributed by atoms with E-state index >= 15 is 0 Å². The van der Waals surface area contributed by atoms with Crippen molar-refractivity contribution in [3.05, 3.63) is 0 Å². The molecular weight excluding hydrogens is 207 g/mol. The van der Waals surface area contributed by atoms with E-state index in [1.54, 1.807) is 0 Å². The maximum absolute atomic E-state index is 10.2. The highest BCUT2D eigenvalue weighted by Gasteiger charge is 1.93. The normalized spacial score (nSPS) is 9.50. The first kappa shape index (κ1) is 16.2. The maximum atomic E-state index is 10.2. The predicted molar refractivity (Wildman–Crippen MR) is 54.9 cm³/mol. The van der Waals surface area contributed by atoms with Crippen molar-refractivity contribution < 1.29 is 19.7 Å². The van der Waals surface area contributed by atoms with Gasteiger partial charge in [-0.15, -0.1) is 0 Å². The molecule has 0 atom stereocenters. The van der Waals surface area contributed by atoms with Crippen LogP contribution in [0.15, 0.2) is 0 Å². The topological polar surface area (TPSA) is 130 Å². The van der Waals surface area contributed by atoms with Crippen LogP contribution in [0.4, 0.5) is 0 Å². The van der Waals surface area contributed by atoms with Crippen LogP contribution in [-0.2, 0) is 4.79 Å². The Balaban J connectivity index is 0. The largest absolute Gasteiger partial charge is 0.396 e. The number of rotatable bonds is 6. The van der Waals surface area contributed by atoms with Crippen LogP contribution in [0.2, 0.25) is 0 Å². The Morgan fingerprint density at radius 3 is 1.93 bits per heavy atom. The third-order valence-corrected chi connectivity index (χ3v) is 1.33. The SMILES string of the molecule is NC(=O)CCCCCCO.NP(O)O. The standard InChI is InChI=1S/C7H15NO2.H4NO2P/c8-7(10)5-3-1-2-4-6-9;1-4(2)3/h9H,1-6H2,(H2,8,10);2-3H,1H2. The van der Waals surface area contributed by atoms with Crippen LogP contribution in [0.25, 0.3) is 0 Å². The molecule has 0 fully saturated rings. The van der Waals surface area contributed by atoms with E-state index < -0.39 is 8.53 Å². The minimum atomic E-state index is -2.12. The molecule has 14 heavy (non-hydrogen) atoms. The first-order valence-corrected chi connectivity index (χ1v) is 5.64. The summed E-state index contributed by atoms with van der Waals surface area (Å²) in [6.45, 7) is 0.247. The van der Waals surface area contributed by atoms with Gasteiger partial charge in [0.2, 0.25) is 14.4 Å². The molecule has 0 saturated heterocycles. The van der Waals surface area contributed by atoms with E-state index in [1.807, 2.05) is 0 Å². The highest BCUT2D eigenvalue weighted by Crippen LogP contribution is 2.05. The van der Waals surface area contributed by atoms with Crippen LogP contribution >= 0.6 is 8.53 Å². The summed E-state index contributed by atoms with van der Waals surface area (Å²) in [5, 5.41) is 8.38. The van der Waals surface area contributed by atoms with Gasteiger partial charge in [0.1, 0.15) is 0 Å². The summed E-state index contributed by atoms with van der Waals surface area (Å²) >= 11 is 0. The fourth-order valence-corrected chi connectivity index (χ4v) is 0.765. The van der Waals surface area contributed by atoms with Crippen molar-refractivity contribution in [1.82, 2.24) is 0 Å². The number of nitrogens with two attached hydrogens (primary N) is 2. The van der Waals surface area contributed by atoms with Gasteiger partial charge in [-0.05, 0) is 12.8 Å². The van der Waals surface area contributed by atoms with Crippen LogP contribution in [-0.4, -0.2) is 27.4 Å². The van der Waals surface area contributed by atoms with E-state index in [9.17, 15) is 4.79 Å². The van der Waals surface area contributed by atoms with Gasteiger partial charge >= 0.3 is 0 Å². The third kappa shape index (κ3) is 29.8. The molecule has 0 aromatic rings. The van der Waals surface area contributed by atoms with E-state index in [4.69, 9.17) is 20.6 Å². The lowest BCUT2D eigenvalue weighted by Gasteiger charge is -1.95. The number of aliphatic hydroxyl groups excluding tert-OH is 1. The second-order valence-corrected chi connectivity index (χ2v) is 3.32. The Kier molecular flexibility index (Phi) is 14.7. The molecule has 0 rings (SSSR count). The van der Waals surface area contributed by atoms with Gasteiger partial charge in [-0.25, -0.2) is 0 Å². The number of hydrogen-bond donors (Lipinski definition) is 5. The fraction of sp³-hybridized carbons (Fsp3) is 0.857. The zero-order chi connectivity index (χ0) is 11.4. The Morgan fingerprint density at radius 1 is 1.14 bits per heavy atom. The van der Waals surface area contributed by atoms with E-state index in [-0.39, 0.29) is 12.5 Å². The highest BCUT2D eigenvalue weighted by molar-refractivity contribution is 7.42. The molecule has 86 valence electrons. The molecule has 0 aliphatic heterocycles. The van der Waals surface area contributed by atoms with Crippen molar-refractivity contribution in [2.75, 3.05) is 6.61 Å². The summed E-state index contributed by atoms with van der Waals surface area (Å²) in [4.78, 5) is 25.1. The first-order chi connectivity index (χ1) is 6.50. The van der Waals surface area contributed by atoms with Crippen molar-refractivity contribution in [2.45, 2.75) is 32.1 Å². The number of primary amides is 1. The van der Waals surface area contributed by atoms with Crippen molar-refractivity contribution in [3.8, 4) is 0 Å². The molecule has 0 aliphatic carbocycles. The number of amides is 1. The number of carbonyl (C=O) groups excluding carboxylic acids is 1. The quantitative estimate of drug-likeness (QED) is 0.310. The van der Waals surface area contributed by atoms with Crippen molar-refractivity contribution >= 4 is 14.4 Å². The maximum Gasteiger partial charge on any atom is 0.247 e. The molecule has 0 unspecified atom stereocenters. The third-order valence-electron chi connectivity index (χ3n) is 1.33. The van der Waals surface area contributed by atoms with E-state index in [1.165, 1.54) is 0 Å². The Hall–Kier alpha value is -0.260. The van der Waals surface area contributed by atoms with Gasteiger partial charge in [0.15, 0.2) is 0 Å². The Morgan fingerprint density at radius 2 is 1.57 bits per heavy atom. The molecule has 1 amide bonds. The van der Waals surface area contributed by atoms with E-state index in [2.05, 4.69) is 5.50 Å². The van der Waals surface area contributed by atoms with Crippen molar-refractivity contribution in [2.24, 2.45) is 11.2 Å². The number of carbonyl (C=O) groups is 1. The lowest BCUT2D eigenvalue weighted by Crippen LogP contribution is -2.09. The summed E-state index contributed by atoms with van der Waals surface area (Å²) in [7, 11) is -2.12. The molecule has 0 aliphatic rings. The van der Waals surface area contributed by atoms with Crippen LogP contribution in [0.5, 0.6) is 0 Å². The summed E-state index contributed by atoms with van der Waals surface area (Å²) in [5.41, 5.74) is 9.21. The molecule has 0 heterocycles. The van der Waals surface area contributed by atoms with Gasteiger partial charge < -0.3 is 20.6 Å². The van der Waals surface area contributed by atoms with Crippen LogP contribution in [0, 0.1) is 0 Å². The Bertz CT molecular complexity index is 132. The van der Waals surface area contributed by atoms with Crippen molar-refractivity contribution in [1.29, 1.82) is 0 Å². The smallest absolute Gasteiger partial charge is 0.247 e. The van der Waals surface area contributed by atoms with Gasteiger partial charge in [0.05, 0.1) is 0 Å². The lowest BCUT2D eigenvalue weighted by molar-refractivity contribution is -0.118. The molecule has 6 nitrogen and oxygen atoms in total. The zero-order valence-electron chi connectivity index (χ0n) is 8.09. The summed E-state index contributed by atoms with van der Waals surface area (Å²) < 4.78 is 0. The monoisotopic (exact) mass is 226 g/mol. The van der Waals surface area contributed by atoms with Crippen LogP contribution in [0.1, 0.15) is 32.1 Å². The zero-order valence-corrected chi connectivity index (χ0v) is 8.99. The average molecular weight is 226 g/mol. The Labute approximate surface area is 84.9 Å². The first-order valence-electron chi connectivity index (χ1n) is 4.32. The molecule has 0 saturated carbocycles. The van der Waals surface area contributed by atoms with Gasteiger partial charge in [-0.3, -0.25) is 10.3 Å².